The lowest BCUT2D eigenvalue weighted by Gasteiger charge is -2.21. The Morgan fingerprint density at radius 2 is 2.03 bits per heavy atom. The van der Waals surface area contributed by atoms with Crippen LogP contribution in [0, 0.1) is 0 Å². The number of tetrazole rings is 1. The Balaban J connectivity index is 1.55. The first-order valence-corrected chi connectivity index (χ1v) is 10.8. The quantitative estimate of drug-likeness (QED) is 0.549. The van der Waals surface area contributed by atoms with E-state index in [4.69, 9.17) is 16.0 Å². The molecule has 1 aliphatic rings. The van der Waals surface area contributed by atoms with Gasteiger partial charge in [-0.1, -0.05) is 35.5 Å². The number of halogens is 1. The van der Waals surface area contributed by atoms with Crippen LogP contribution in [0.2, 0.25) is 5.02 Å². The number of carbonyl (C=O) groups is 1. The van der Waals surface area contributed by atoms with Crippen molar-refractivity contribution in [2.45, 2.75) is 43.9 Å². The highest BCUT2D eigenvalue weighted by Crippen LogP contribution is 2.34. The smallest absolute Gasteiger partial charge is 0.253 e. The molecule has 4 rings (SSSR count). The molecule has 3 aromatic rings. The molecule has 0 fully saturated rings. The standard InChI is InChI=1S/C20H21ClN6O2S/c1-20(2,3)27-19(22-24-25-27)30-12-18(28)26-16(17-5-4-10-29-17)11-15(23-26)13-6-8-14(21)9-7-13/h4-10,16H,11-12H2,1-3H3. The lowest BCUT2D eigenvalue weighted by atomic mass is 10.0. The fourth-order valence-corrected chi connectivity index (χ4v) is 4.18. The largest absolute Gasteiger partial charge is 0.467 e. The van der Waals surface area contributed by atoms with Gasteiger partial charge in [0, 0.05) is 11.4 Å². The third kappa shape index (κ3) is 4.27. The van der Waals surface area contributed by atoms with Crippen LogP contribution >= 0.6 is 23.4 Å². The average molecular weight is 445 g/mol. The summed E-state index contributed by atoms with van der Waals surface area (Å²) in [6.07, 6.45) is 2.16. The molecule has 1 unspecified atom stereocenters. The predicted octanol–water partition coefficient (Wildman–Crippen LogP) is 4.14. The molecule has 1 aromatic carbocycles. The van der Waals surface area contributed by atoms with Crippen molar-refractivity contribution in [3.8, 4) is 0 Å². The molecule has 1 amide bonds. The van der Waals surface area contributed by atoms with Gasteiger partial charge in [0.05, 0.1) is 23.3 Å². The number of rotatable bonds is 5. The Kier molecular flexibility index (Phi) is 5.66. The van der Waals surface area contributed by atoms with Gasteiger partial charge in [-0.2, -0.15) is 5.10 Å². The molecule has 0 aliphatic carbocycles. The zero-order valence-electron chi connectivity index (χ0n) is 16.8. The van der Waals surface area contributed by atoms with Crippen molar-refractivity contribution < 1.29 is 9.21 Å². The molecular weight excluding hydrogens is 424 g/mol. The maximum absolute atomic E-state index is 13.1. The van der Waals surface area contributed by atoms with Crippen LogP contribution in [0.15, 0.2) is 57.3 Å². The van der Waals surface area contributed by atoms with Crippen LogP contribution in [0.5, 0.6) is 0 Å². The van der Waals surface area contributed by atoms with Gasteiger partial charge in [-0.3, -0.25) is 4.79 Å². The van der Waals surface area contributed by atoms with E-state index in [0.29, 0.717) is 22.4 Å². The minimum Gasteiger partial charge on any atom is -0.467 e. The van der Waals surface area contributed by atoms with Crippen molar-refractivity contribution in [2.24, 2.45) is 5.10 Å². The Bertz CT molecular complexity index is 1060. The number of amides is 1. The molecule has 0 spiro atoms. The van der Waals surface area contributed by atoms with E-state index in [1.54, 1.807) is 10.9 Å². The molecule has 0 bridgehead atoms. The number of thioether (sulfide) groups is 1. The molecule has 30 heavy (non-hydrogen) atoms. The highest BCUT2D eigenvalue weighted by molar-refractivity contribution is 7.99. The average Bonchev–Trinajstić information content (AvgIpc) is 3.45. The summed E-state index contributed by atoms with van der Waals surface area (Å²) < 4.78 is 7.29. The molecule has 1 aliphatic heterocycles. The van der Waals surface area contributed by atoms with Crippen LogP contribution in [0.25, 0.3) is 0 Å². The van der Waals surface area contributed by atoms with E-state index in [9.17, 15) is 4.79 Å². The van der Waals surface area contributed by atoms with E-state index < -0.39 is 0 Å². The zero-order chi connectivity index (χ0) is 21.3. The number of hydrazone groups is 1. The normalized spacial score (nSPS) is 16.7. The molecule has 0 N–H and O–H groups in total. The highest BCUT2D eigenvalue weighted by Gasteiger charge is 2.35. The monoisotopic (exact) mass is 444 g/mol. The van der Waals surface area contributed by atoms with Gasteiger partial charge in [-0.05, 0) is 61.0 Å². The van der Waals surface area contributed by atoms with Crippen molar-refractivity contribution >= 4 is 35.0 Å². The van der Waals surface area contributed by atoms with Gasteiger partial charge in [0.1, 0.15) is 11.8 Å². The van der Waals surface area contributed by atoms with Crippen LogP contribution in [0.1, 0.15) is 44.6 Å². The minimum atomic E-state index is -0.294. The SMILES string of the molecule is CC(C)(C)n1nnnc1SCC(=O)N1N=C(c2ccc(Cl)cc2)CC1c1ccco1. The van der Waals surface area contributed by atoms with Gasteiger partial charge in [-0.15, -0.1) is 5.10 Å². The summed E-state index contributed by atoms with van der Waals surface area (Å²) >= 11 is 7.29. The molecule has 1 atom stereocenters. The highest BCUT2D eigenvalue weighted by atomic mass is 35.5. The molecule has 0 radical (unpaired) electrons. The summed E-state index contributed by atoms with van der Waals surface area (Å²) in [6.45, 7) is 6.02. The van der Waals surface area contributed by atoms with Gasteiger partial charge in [0.25, 0.3) is 5.91 Å². The van der Waals surface area contributed by atoms with Crippen LogP contribution in [-0.4, -0.2) is 42.6 Å². The van der Waals surface area contributed by atoms with Crippen LogP contribution in [-0.2, 0) is 10.3 Å². The lowest BCUT2D eigenvalue weighted by Crippen LogP contribution is -2.29. The maximum Gasteiger partial charge on any atom is 0.253 e. The number of aromatic nitrogens is 4. The van der Waals surface area contributed by atoms with Gasteiger partial charge in [0.2, 0.25) is 5.16 Å². The number of hydrogen-bond acceptors (Lipinski definition) is 7. The molecule has 2 aromatic heterocycles. The van der Waals surface area contributed by atoms with E-state index in [1.807, 2.05) is 57.2 Å². The fraction of sp³-hybridized carbons (Fsp3) is 0.350. The Hall–Kier alpha value is -2.65. The lowest BCUT2D eigenvalue weighted by molar-refractivity contribution is -0.130. The van der Waals surface area contributed by atoms with Crippen LogP contribution in [0.3, 0.4) is 0 Å². The first kappa shape index (κ1) is 20.6. The van der Waals surface area contributed by atoms with Crippen molar-refractivity contribution in [3.05, 3.63) is 59.0 Å². The van der Waals surface area contributed by atoms with E-state index in [1.165, 1.54) is 16.8 Å². The van der Waals surface area contributed by atoms with Gasteiger partial charge >= 0.3 is 0 Å². The Labute approximate surface area is 183 Å². The topological polar surface area (TPSA) is 89.4 Å². The third-order valence-corrected chi connectivity index (χ3v) is 5.77. The molecule has 8 nitrogen and oxygen atoms in total. The number of furan rings is 1. The summed E-state index contributed by atoms with van der Waals surface area (Å²) in [5.41, 5.74) is 1.46. The first-order valence-electron chi connectivity index (χ1n) is 9.43. The molecule has 3 heterocycles. The second kappa shape index (κ2) is 8.23. The first-order chi connectivity index (χ1) is 14.3. The Morgan fingerprint density at radius 3 is 2.70 bits per heavy atom. The third-order valence-electron chi connectivity index (χ3n) is 4.62. The van der Waals surface area contributed by atoms with Gasteiger partial charge in [-0.25, -0.2) is 9.69 Å². The summed E-state index contributed by atoms with van der Waals surface area (Å²) in [5.74, 6) is 0.708. The van der Waals surface area contributed by atoms with E-state index in [0.717, 1.165) is 11.3 Å². The molecule has 0 saturated carbocycles. The minimum absolute atomic E-state index is 0.145. The predicted molar refractivity (Wildman–Crippen MR) is 114 cm³/mol. The number of nitrogens with zero attached hydrogens (tertiary/aromatic N) is 6. The second-order valence-electron chi connectivity index (χ2n) is 7.86. The van der Waals surface area contributed by atoms with E-state index in [-0.39, 0.29) is 23.2 Å². The number of benzene rings is 1. The maximum atomic E-state index is 13.1. The molecule has 10 heteroatoms. The van der Waals surface area contributed by atoms with E-state index >= 15 is 0 Å². The molecular formula is C20H21ClN6O2S. The van der Waals surface area contributed by atoms with Crippen molar-refractivity contribution in [1.82, 2.24) is 25.2 Å². The summed E-state index contributed by atoms with van der Waals surface area (Å²) in [7, 11) is 0. The number of carbonyl (C=O) groups excluding carboxylic acids is 1. The van der Waals surface area contributed by atoms with Crippen LogP contribution in [0.4, 0.5) is 0 Å². The van der Waals surface area contributed by atoms with Gasteiger partial charge in [0.15, 0.2) is 0 Å². The zero-order valence-corrected chi connectivity index (χ0v) is 18.4. The summed E-state index contributed by atoms with van der Waals surface area (Å²) in [5, 5.41) is 19.2. The van der Waals surface area contributed by atoms with Crippen LogP contribution < -0.4 is 0 Å². The van der Waals surface area contributed by atoms with Crippen molar-refractivity contribution in [2.75, 3.05) is 5.75 Å². The number of hydrogen-bond donors (Lipinski definition) is 0. The molecule has 0 saturated heterocycles. The second-order valence-corrected chi connectivity index (χ2v) is 9.24. The van der Waals surface area contributed by atoms with Crippen molar-refractivity contribution in [1.29, 1.82) is 0 Å². The summed E-state index contributed by atoms with van der Waals surface area (Å²) in [4.78, 5) is 13.1. The van der Waals surface area contributed by atoms with E-state index in [2.05, 4.69) is 20.6 Å². The fourth-order valence-electron chi connectivity index (χ4n) is 3.14. The Morgan fingerprint density at radius 1 is 1.27 bits per heavy atom. The van der Waals surface area contributed by atoms with Gasteiger partial charge < -0.3 is 4.42 Å². The summed E-state index contributed by atoms with van der Waals surface area (Å²) in [6, 6.07) is 10.8. The molecule has 156 valence electrons. The van der Waals surface area contributed by atoms with Crippen molar-refractivity contribution in [3.63, 3.8) is 0 Å².